The predicted octanol–water partition coefficient (Wildman–Crippen LogP) is 19.4. The largest absolute Gasteiger partial charge is 0.864 e. The molecule has 32 heteroatoms. The van der Waals surface area contributed by atoms with E-state index in [0.717, 1.165) is 6.92 Å². The Kier molecular flexibility index (Phi) is 24.8. The van der Waals surface area contributed by atoms with E-state index in [1.54, 1.807) is 19.9 Å². The molecule has 0 aromatic heterocycles. The molecular formula is C53H56BF24NO6. The van der Waals surface area contributed by atoms with Crippen molar-refractivity contribution in [2.75, 3.05) is 26.4 Å². The molecular weight excluding hydrogens is 1210 g/mol. The van der Waals surface area contributed by atoms with Gasteiger partial charge in [-0.1, -0.05) is 51.7 Å². The summed E-state index contributed by atoms with van der Waals surface area (Å²) in [6, 6.07) is 0.793. The SMILES string of the molecule is CCCCCC[N+](C(C)OCCC)(C(C)OCCC)C(C)(OCCC)c1c(OB(Oc2cc(C(F)(F)F)cc(C(F)(F)F)c2)Oc2cc(C(F)(F)F)cc(C(F)(F)F)c2)cc(C(F)(F)F)cc1C(F)(F)F.FC(F)(F)c1c[c-]cc(C(F)(F)F)c1. The van der Waals surface area contributed by atoms with Crippen LogP contribution in [0.3, 0.4) is 0 Å². The topological polar surface area (TPSA) is 55.4 Å². The molecule has 7 nitrogen and oxygen atoms in total. The lowest BCUT2D eigenvalue weighted by atomic mass is 9.89. The third-order valence-corrected chi connectivity index (χ3v) is 12.6. The van der Waals surface area contributed by atoms with Gasteiger partial charge in [0, 0.05) is 20.8 Å². The van der Waals surface area contributed by atoms with Gasteiger partial charge in [0.25, 0.3) is 0 Å². The standard InChI is InChI=1S/C45H53BF18NO6.C8H3F6/c1-8-12-13-14-15-65(27(5)66-16-9-2,28(6)67-17-10-3)39(7,68-18-11-4)38-36(45(62,63)64)25-33(44(59,60)61)26-37(38)71-46(69-34-21-29(40(47,48)49)19-30(22-34)41(50,51)52)70-35-23-31(42(53,54)55)20-32(24-35)43(56,57)58;9-7(10,11)5-2-1-3-6(4-5)8(12,13)14/h19-28H,8-18H2,1-7H3;2-4H/q+1;-1. The molecule has 0 aliphatic rings. The Morgan fingerprint density at radius 2 is 0.765 bits per heavy atom. The summed E-state index contributed by atoms with van der Waals surface area (Å²) in [5.41, 5.74) is -19.7. The number of ether oxygens (including phenoxy) is 3. The van der Waals surface area contributed by atoms with E-state index in [0.29, 0.717) is 44.2 Å². The van der Waals surface area contributed by atoms with Gasteiger partial charge in [0.2, 0.25) is 5.72 Å². The first-order valence-electron chi connectivity index (χ1n) is 25.5. The summed E-state index contributed by atoms with van der Waals surface area (Å²) in [6.45, 7) is 9.69. The maximum atomic E-state index is 15.8. The zero-order valence-corrected chi connectivity index (χ0v) is 45.8. The molecule has 0 N–H and O–H groups in total. The first-order valence-corrected chi connectivity index (χ1v) is 25.5. The molecule has 0 bridgehead atoms. The zero-order chi connectivity index (χ0) is 65.2. The Morgan fingerprint density at radius 1 is 0.412 bits per heavy atom. The minimum absolute atomic E-state index is 0.00101. The average Bonchev–Trinajstić information content (AvgIpc) is 1.19. The Hall–Kier alpha value is -5.50. The van der Waals surface area contributed by atoms with Crippen molar-refractivity contribution >= 4 is 7.32 Å². The van der Waals surface area contributed by atoms with Crippen molar-refractivity contribution in [1.29, 1.82) is 0 Å². The minimum Gasteiger partial charge on any atom is -0.490 e. The second kappa shape index (κ2) is 28.6. The Labute approximate surface area is 472 Å². The number of hydrogen-bond donors (Lipinski definition) is 0. The van der Waals surface area contributed by atoms with Gasteiger partial charge in [-0.2, -0.15) is 124 Å². The summed E-state index contributed by atoms with van der Waals surface area (Å²) < 4.78 is 366. The number of benzene rings is 4. The van der Waals surface area contributed by atoms with Crippen LogP contribution < -0.4 is 14.0 Å². The first kappa shape index (κ1) is 73.8. The highest BCUT2D eigenvalue weighted by Crippen LogP contribution is 2.53. The Morgan fingerprint density at radius 3 is 1.09 bits per heavy atom. The fourth-order valence-corrected chi connectivity index (χ4v) is 8.67. The summed E-state index contributed by atoms with van der Waals surface area (Å²) in [4.78, 5) is 0. The van der Waals surface area contributed by atoms with Crippen LogP contribution in [0.15, 0.2) is 66.7 Å². The number of nitrogens with zero attached hydrogens (tertiary/aromatic N) is 1. The van der Waals surface area contributed by atoms with E-state index < -0.39 is 165 Å². The van der Waals surface area contributed by atoms with Crippen LogP contribution in [0.5, 0.6) is 17.2 Å². The highest BCUT2D eigenvalue weighted by molar-refractivity contribution is 6.39. The lowest BCUT2D eigenvalue weighted by molar-refractivity contribution is -1.07. The number of rotatable bonds is 24. The summed E-state index contributed by atoms with van der Waals surface area (Å²) in [5, 5.41) is 0. The fraction of sp³-hybridized carbons (Fsp3) is 0.547. The van der Waals surface area contributed by atoms with Crippen LogP contribution in [0.4, 0.5) is 105 Å². The van der Waals surface area contributed by atoms with Crippen molar-refractivity contribution in [1.82, 2.24) is 0 Å². The van der Waals surface area contributed by atoms with Crippen LogP contribution in [-0.4, -0.2) is 50.6 Å². The van der Waals surface area contributed by atoms with E-state index in [-0.39, 0.29) is 75.1 Å². The Bertz CT molecular complexity index is 2570. The molecule has 0 aliphatic heterocycles. The summed E-state index contributed by atoms with van der Waals surface area (Å²) in [5.74, 6) is -4.94. The van der Waals surface area contributed by atoms with Crippen molar-refractivity contribution in [3.8, 4) is 17.2 Å². The van der Waals surface area contributed by atoms with Crippen molar-refractivity contribution in [3.63, 3.8) is 0 Å². The van der Waals surface area contributed by atoms with Gasteiger partial charge < -0.3 is 28.2 Å². The Balaban J connectivity index is 0.00000118. The molecule has 85 heavy (non-hydrogen) atoms. The molecule has 4 aromatic carbocycles. The lowest BCUT2D eigenvalue weighted by Crippen LogP contribution is -2.72. The smallest absolute Gasteiger partial charge is 0.490 e. The maximum absolute atomic E-state index is 15.8. The fourth-order valence-electron chi connectivity index (χ4n) is 8.67. The zero-order valence-electron chi connectivity index (χ0n) is 45.8. The van der Waals surface area contributed by atoms with E-state index >= 15 is 13.2 Å². The molecule has 0 saturated carbocycles. The molecule has 4 aromatic rings. The van der Waals surface area contributed by atoms with Crippen LogP contribution in [0.25, 0.3) is 0 Å². The van der Waals surface area contributed by atoms with Crippen molar-refractivity contribution in [3.05, 3.63) is 123 Å². The molecule has 0 saturated heterocycles. The van der Waals surface area contributed by atoms with Gasteiger partial charge in [-0.15, -0.1) is 6.07 Å². The predicted molar refractivity (Wildman–Crippen MR) is 257 cm³/mol. The highest BCUT2D eigenvalue weighted by Gasteiger charge is 2.62. The molecule has 0 aliphatic carbocycles. The number of halogens is 24. The average molecular weight is 1270 g/mol. The van der Waals surface area contributed by atoms with E-state index in [9.17, 15) is 92.2 Å². The van der Waals surface area contributed by atoms with Crippen molar-refractivity contribution in [2.24, 2.45) is 0 Å². The lowest BCUT2D eigenvalue weighted by Gasteiger charge is -2.56. The minimum atomic E-state index is -5.85. The maximum Gasteiger partial charge on any atom is 0.864 e. The molecule has 0 amide bonds. The summed E-state index contributed by atoms with van der Waals surface area (Å²) in [7, 11) is -3.42. The molecule has 3 atom stereocenters. The van der Waals surface area contributed by atoms with Gasteiger partial charge in [-0.25, -0.2) is 4.48 Å². The summed E-state index contributed by atoms with van der Waals surface area (Å²) >= 11 is 0. The molecule has 3 unspecified atom stereocenters. The van der Waals surface area contributed by atoms with Gasteiger partial charge in [-0.05, 0) is 80.6 Å². The molecule has 0 radical (unpaired) electrons. The quantitative estimate of drug-likeness (QED) is 0.0174. The highest BCUT2D eigenvalue weighted by atomic mass is 19.4. The van der Waals surface area contributed by atoms with Gasteiger partial charge in [0.1, 0.15) is 17.2 Å². The van der Waals surface area contributed by atoms with E-state index in [1.165, 1.54) is 20.8 Å². The molecule has 480 valence electrons. The number of quaternary nitrogens is 1. The summed E-state index contributed by atoms with van der Waals surface area (Å²) in [6.07, 6.45) is -44.0. The van der Waals surface area contributed by atoms with Crippen LogP contribution >= 0.6 is 0 Å². The molecule has 0 spiro atoms. The second-order valence-electron chi connectivity index (χ2n) is 19.0. The van der Waals surface area contributed by atoms with Crippen molar-refractivity contribution in [2.45, 2.75) is 161 Å². The van der Waals surface area contributed by atoms with E-state index in [1.807, 2.05) is 6.92 Å². The van der Waals surface area contributed by atoms with Gasteiger partial charge in [-0.3, -0.25) is 0 Å². The van der Waals surface area contributed by atoms with Crippen LogP contribution in [-0.2, 0) is 69.3 Å². The van der Waals surface area contributed by atoms with Crippen LogP contribution in [0.1, 0.15) is 143 Å². The molecule has 4 rings (SSSR count). The van der Waals surface area contributed by atoms with E-state index in [2.05, 4.69) is 0 Å². The van der Waals surface area contributed by atoms with Crippen LogP contribution in [0, 0.1) is 6.07 Å². The van der Waals surface area contributed by atoms with Gasteiger partial charge in [0.05, 0.1) is 65.3 Å². The normalized spacial score (nSPS) is 15.3. The number of alkyl halides is 24. The first-order chi connectivity index (χ1) is 38.7. The third-order valence-electron chi connectivity index (χ3n) is 12.6. The van der Waals surface area contributed by atoms with E-state index in [4.69, 9.17) is 28.2 Å². The second-order valence-corrected chi connectivity index (χ2v) is 19.0. The number of unbranched alkanes of at least 4 members (excludes halogenated alkanes) is 3. The van der Waals surface area contributed by atoms with Gasteiger partial charge in [0.15, 0.2) is 12.5 Å². The molecule has 0 fully saturated rings. The monoisotopic (exact) mass is 1270 g/mol. The number of hydrogen-bond acceptors (Lipinski definition) is 6. The molecule has 0 heterocycles. The van der Waals surface area contributed by atoms with Crippen LogP contribution in [0.2, 0.25) is 0 Å². The van der Waals surface area contributed by atoms with Gasteiger partial charge >= 0.3 is 56.7 Å². The third kappa shape index (κ3) is 20.0. The van der Waals surface area contributed by atoms with Crippen molar-refractivity contribution < 1.29 is 138 Å².